The highest BCUT2D eigenvalue weighted by molar-refractivity contribution is 7.90. The van der Waals surface area contributed by atoms with Gasteiger partial charge in [-0.25, -0.2) is 8.42 Å². The quantitative estimate of drug-likeness (QED) is 0.806. The number of nitrogens with one attached hydrogen (secondary N) is 1. The zero-order valence-corrected chi connectivity index (χ0v) is 13.8. The van der Waals surface area contributed by atoms with Crippen molar-refractivity contribution in [1.82, 2.24) is 5.32 Å². The Labute approximate surface area is 140 Å². The number of benzene rings is 2. The molecule has 0 unspecified atom stereocenters. The first-order valence-corrected chi connectivity index (χ1v) is 9.00. The zero-order valence-electron chi connectivity index (χ0n) is 13.0. The first-order chi connectivity index (χ1) is 11.4. The fourth-order valence-electron chi connectivity index (χ4n) is 1.91. The van der Waals surface area contributed by atoms with Crippen molar-refractivity contribution < 1.29 is 17.9 Å². The van der Waals surface area contributed by atoms with Gasteiger partial charge in [0.25, 0.3) is 5.91 Å². The molecule has 6 nitrogen and oxygen atoms in total. The summed E-state index contributed by atoms with van der Waals surface area (Å²) in [6.07, 6.45) is 1.14. The van der Waals surface area contributed by atoms with Crippen molar-refractivity contribution in [2.24, 2.45) is 0 Å². The number of carbonyl (C=O) groups excluding carboxylic acids is 1. The van der Waals surface area contributed by atoms with E-state index in [1.807, 2.05) is 6.07 Å². The Bertz CT molecular complexity index is 851. The molecule has 0 saturated carbocycles. The summed E-state index contributed by atoms with van der Waals surface area (Å²) in [4.78, 5) is 12.1. The number of rotatable bonds is 6. The largest absolute Gasteiger partial charge is 0.492 e. The number of nitrogens with zero attached hydrogens (tertiary/aromatic N) is 1. The van der Waals surface area contributed by atoms with E-state index < -0.39 is 9.84 Å². The number of sulfone groups is 1. The topological polar surface area (TPSA) is 96.3 Å². The molecule has 2 rings (SSSR count). The average molecular weight is 344 g/mol. The molecule has 0 aromatic heterocycles. The molecule has 0 radical (unpaired) electrons. The Morgan fingerprint density at radius 2 is 1.75 bits per heavy atom. The van der Waals surface area contributed by atoms with Gasteiger partial charge in [-0.05, 0) is 48.5 Å². The van der Waals surface area contributed by atoms with Gasteiger partial charge in [0.15, 0.2) is 9.84 Å². The Kier molecular flexibility index (Phi) is 5.55. The summed E-state index contributed by atoms with van der Waals surface area (Å²) in [6, 6.07) is 14.4. The van der Waals surface area contributed by atoms with Crippen LogP contribution in [0.5, 0.6) is 5.75 Å². The fraction of sp³-hybridized carbons (Fsp3) is 0.176. The molecule has 0 aliphatic heterocycles. The lowest BCUT2D eigenvalue weighted by Crippen LogP contribution is -2.28. The molecule has 124 valence electrons. The maximum Gasteiger partial charge on any atom is 0.251 e. The third kappa shape index (κ3) is 4.83. The monoisotopic (exact) mass is 344 g/mol. The van der Waals surface area contributed by atoms with Crippen molar-refractivity contribution in [3.05, 3.63) is 59.7 Å². The summed E-state index contributed by atoms with van der Waals surface area (Å²) < 4.78 is 28.1. The summed E-state index contributed by atoms with van der Waals surface area (Å²) in [6.45, 7) is 0.549. The second-order valence-corrected chi connectivity index (χ2v) is 7.05. The van der Waals surface area contributed by atoms with Crippen molar-refractivity contribution in [1.29, 1.82) is 5.26 Å². The van der Waals surface area contributed by atoms with Gasteiger partial charge in [0.1, 0.15) is 12.4 Å². The molecule has 1 amide bonds. The van der Waals surface area contributed by atoms with Gasteiger partial charge in [-0.15, -0.1) is 0 Å². The lowest BCUT2D eigenvalue weighted by atomic mass is 10.1. The molecular formula is C17H16N2O4S. The van der Waals surface area contributed by atoms with Gasteiger partial charge < -0.3 is 10.1 Å². The molecule has 0 fully saturated rings. The molecule has 24 heavy (non-hydrogen) atoms. The lowest BCUT2D eigenvalue weighted by Gasteiger charge is -2.08. The highest BCUT2D eigenvalue weighted by Crippen LogP contribution is 2.15. The second kappa shape index (κ2) is 7.62. The molecule has 0 atom stereocenters. The van der Waals surface area contributed by atoms with E-state index in [0.717, 1.165) is 6.26 Å². The smallest absolute Gasteiger partial charge is 0.251 e. The highest BCUT2D eigenvalue weighted by Gasteiger charge is 2.07. The SMILES string of the molecule is CS(=O)(=O)c1ccc(OCCNC(=O)c2ccc(C#N)cc2)cc1. The number of hydrogen-bond acceptors (Lipinski definition) is 5. The standard InChI is InChI=1S/C17H16N2O4S/c1-24(21,22)16-8-6-15(7-9-16)23-11-10-19-17(20)14-4-2-13(12-18)3-5-14/h2-9H,10-11H2,1H3,(H,19,20). The number of carbonyl (C=O) groups is 1. The second-order valence-electron chi connectivity index (χ2n) is 5.04. The van der Waals surface area contributed by atoms with E-state index in [9.17, 15) is 13.2 Å². The van der Waals surface area contributed by atoms with Crippen molar-refractivity contribution in [2.45, 2.75) is 4.90 Å². The highest BCUT2D eigenvalue weighted by atomic mass is 32.2. The van der Waals surface area contributed by atoms with Crippen LogP contribution in [0.2, 0.25) is 0 Å². The fourth-order valence-corrected chi connectivity index (χ4v) is 2.55. The van der Waals surface area contributed by atoms with Crippen molar-refractivity contribution in [2.75, 3.05) is 19.4 Å². The lowest BCUT2D eigenvalue weighted by molar-refractivity contribution is 0.0947. The number of hydrogen-bond donors (Lipinski definition) is 1. The normalized spacial score (nSPS) is 10.7. The molecule has 0 spiro atoms. The van der Waals surface area contributed by atoms with Crippen molar-refractivity contribution in [3.8, 4) is 11.8 Å². The first kappa shape index (κ1) is 17.5. The molecule has 0 heterocycles. The van der Waals surface area contributed by atoms with Gasteiger partial charge in [0, 0.05) is 11.8 Å². The third-order valence-electron chi connectivity index (χ3n) is 3.18. The summed E-state index contributed by atoms with van der Waals surface area (Å²) in [7, 11) is -3.22. The van der Waals surface area contributed by atoms with Crippen LogP contribution < -0.4 is 10.1 Å². The molecule has 2 aromatic carbocycles. The van der Waals surface area contributed by atoms with E-state index in [-0.39, 0.29) is 17.4 Å². The summed E-state index contributed by atoms with van der Waals surface area (Å²) in [5.41, 5.74) is 0.957. The molecule has 7 heteroatoms. The van der Waals surface area contributed by atoms with Gasteiger partial charge in [-0.2, -0.15) is 5.26 Å². The predicted molar refractivity (Wildman–Crippen MR) is 88.5 cm³/mol. The Morgan fingerprint density at radius 3 is 2.29 bits per heavy atom. The molecule has 0 saturated heterocycles. The molecule has 0 aliphatic rings. The van der Waals surface area contributed by atoms with E-state index in [1.165, 1.54) is 12.1 Å². The number of nitriles is 1. The van der Waals surface area contributed by atoms with Gasteiger partial charge >= 0.3 is 0 Å². The Morgan fingerprint density at radius 1 is 1.12 bits per heavy atom. The summed E-state index contributed by atoms with van der Waals surface area (Å²) >= 11 is 0. The van der Waals surface area contributed by atoms with Crippen LogP contribution in [-0.4, -0.2) is 33.7 Å². The average Bonchev–Trinajstić information content (AvgIpc) is 2.58. The van der Waals surface area contributed by atoms with Crippen molar-refractivity contribution in [3.63, 3.8) is 0 Å². The molecule has 1 N–H and O–H groups in total. The summed E-state index contributed by atoms with van der Waals surface area (Å²) in [5.74, 6) is 0.269. The first-order valence-electron chi connectivity index (χ1n) is 7.11. The third-order valence-corrected chi connectivity index (χ3v) is 4.31. The maximum atomic E-state index is 11.9. The number of amides is 1. The summed E-state index contributed by atoms with van der Waals surface area (Å²) in [5, 5.41) is 11.4. The van der Waals surface area contributed by atoms with E-state index >= 15 is 0 Å². The van der Waals surface area contributed by atoms with E-state index in [0.29, 0.717) is 23.4 Å². The molecular weight excluding hydrogens is 328 g/mol. The minimum Gasteiger partial charge on any atom is -0.492 e. The minimum atomic E-state index is -3.22. The predicted octanol–water partition coefficient (Wildman–Crippen LogP) is 1.77. The van der Waals surface area contributed by atoms with Crippen LogP contribution in [0.15, 0.2) is 53.4 Å². The van der Waals surface area contributed by atoms with Crippen LogP contribution in [0, 0.1) is 11.3 Å². The zero-order chi connectivity index (χ0) is 17.6. The van der Waals surface area contributed by atoms with E-state index in [2.05, 4.69) is 5.32 Å². The van der Waals surface area contributed by atoms with E-state index in [4.69, 9.17) is 10.00 Å². The maximum absolute atomic E-state index is 11.9. The van der Waals surface area contributed by atoms with Gasteiger partial charge in [-0.1, -0.05) is 0 Å². The molecule has 0 bridgehead atoms. The van der Waals surface area contributed by atoms with Crippen LogP contribution in [0.25, 0.3) is 0 Å². The van der Waals surface area contributed by atoms with E-state index in [1.54, 1.807) is 36.4 Å². The Balaban J connectivity index is 1.80. The molecule has 0 aliphatic carbocycles. The van der Waals surface area contributed by atoms with Crippen LogP contribution in [-0.2, 0) is 9.84 Å². The van der Waals surface area contributed by atoms with Gasteiger partial charge in [-0.3, -0.25) is 4.79 Å². The molecule has 2 aromatic rings. The van der Waals surface area contributed by atoms with Crippen LogP contribution in [0.4, 0.5) is 0 Å². The minimum absolute atomic E-state index is 0.226. The van der Waals surface area contributed by atoms with Crippen molar-refractivity contribution >= 4 is 15.7 Å². The Hall–Kier alpha value is -2.85. The van der Waals surface area contributed by atoms with Gasteiger partial charge in [0.05, 0.1) is 23.1 Å². The van der Waals surface area contributed by atoms with Gasteiger partial charge in [0.2, 0.25) is 0 Å². The van der Waals surface area contributed by atoms with Crippen LogP contribution in [0.3, 0.4) is 0 Å². The number of ether oxygens (including phenoxy) is 1. The van der Waals surface area contributed by atoms with Crippen LogP contribution in [0.1, 0.15) is 15.9 Å². The van der Waals surface area contributed by atoms with Crippen LogP contribution >= 0.6 is 0 Å².